The Kier molecular flexibility index (Phi) is 6.39. The van der Waals surface area contributed by atoms with Crippen molar-refractivity contribution in [2.24, 2.45) is 0 Å². The van der Waals surface area contributed by atoms with E-state index in [2.05, 4.69) is 27.2 Å². The van der Waals surface area contributed by atoms with Gasteiger partial charge in [-0.1, -0.05) is 29.7 Å². The molecule has 2 rings (SSSR count). The number of carbonyl (C=O) groups excluding carboxylic acids is 1. The summed E-state index contributed by atoms with van der Waals surface area (Å²) in [5, 5.41) is 12.0. The molecular weight excluding hydrogens is 380 g/mol. The van der Waals surface area contributed by atoms with Crippen LogP contribution >= 0.6 is 15.9 Å². The zero-order valence-corrected chi connectivity index (χ0v) is 15.1. The first-order valence-corrected chi connectivity index (χ1v) is 8.18. The van der Waals surface area contributed by atoms with Crippen LogP contribution in [0.15, 0.2) is 52.5 Å². The third-order valence-electron chi connectivity index (χ3n) is 3.25. The molecule has 0 spiro atoms. The molecule has 0 unspecified atom stereocenters. The second kappa shape index (κ2) is 8.73. The smallest absolute Gasteiger partial charge is 0.266 e. The number of nitrogens with zero attached hydrogens (tertiary/aromatic N) is 1. The molecule has 0 heterocycles. The molecule has 25 heavy (non-hydrogen) atoms. The Bertz CT molecular complexity index is 887. The number of hydrogen-bond acceptors (Lipinski definition) is 3. The molecule has 0 saturated heterocycles. The third-order valence-corrected chi connectivity index (χ3v) is 3.87. The normalized spacial score (nSPS) is 10.5. The highest BCUT2D eigenvalue weighted by Gasteiger charge is 2.10. The van der Waals surface area contributed by atoms with Crippen LogP contribution in [0.4, 0.5) is 5.69 Å². The summed E-state index contributed by atoms with van der Waals surface area (Å²) in [6.07, 6.45) is 6.68. The minimum Gasteiger partial charge on any atom is -0.480 e. The molecule has 0 aliphatic rings. The fourth-order valence-electron chi connectivity index (χ4n) is 1.99. The van der Waals surface area contributed by atoms with Gasteiger partial charge in [0.25, 0.3) is 5.91 Å². The molecular formula is C20H15BrN2O2. The van der Waals surface area contributed by atoms with Crippen LogP contribution in [-0.4, -0.2) is 12.5 Å². The Balaban J connectivity index is 2.17. The summed E-state index contributed by atoms with van der Waals surface area (Å²) >= 11 is 3.38. The Morgan fingerprint density at radius 3 is 2.64 bits per heavy atom. The van der Waals surface area contributed by atoms with Gasteiger partial charge in [0.2, 0.25) is 0 Å². The number of ether oxygens (including phenoxy) is 1. The summed E-state index contributed by atoms with van der Waals surface area (Å²) < 4.78 is 6.05. The van der Waals surface area contributed by atoms with E-state index in [9.17, 15) is 10.1 Å². The van der Waals surface area contributed by atoms with Gasteiger partial charge in [-0.05, 0) is 58.8 Å². The van der Waals surface area contributed by atoms with Crippen molar-refractivity contribution in [1.82, 2.24) is 0 Å². The molecule has 1 N–H and O–H groups in total. The third kappa shape index (κ3) is 5.24. The predicted molar refractivity (Wildman–Crippen MR) is 102 cm³/mol. The van der Waals surface area contributed by atoms with Crippen LogP contribution in [0, 0.1) is 30.6 Å². The van der Waals surface area contributed by atoms with Gasteiger partial charge in [-0.25, -0.2) is 0 Å². The number of benzene rings is 2. The van der Waals surface area contributed by atoms with E-state index >= 15 is 0 Å². The van der Waals surface area contributed by atoms with Gasteiger partial charge in [0.05, 0.1) is 4.47 Å². The van der Waals surface area contributed by atoms with Crippen molar-refractivity contribution < 1.29 is 9.53 Å². The highest BCUT2D eigenvalue weighted by molar-refractivity contribution is 9.10. The zero-order valence-electron chi connectivity index (χ0n) is 13.5. The fourth-order valence-corrected chi connectivity index (χ4v) is 2.50. The molecule has 2 aromatic carbocycles. The van der Waals surface area contributed by atoms with E-state index in [4.69, 9.17) is 11.2 Å². The van der Waals surface area contributed by atoms with E-state index in [0.29, 0.717) is 21.5 Å². The van der Waals surface area contributed by atoms with Crippen LogP contribution in [-0.2, 0) is 4.79 Å². The standard InChI is InChI=1S/C20H15BrN2O2/c1-3-10-25-19-9-6-15(12-18(19)21)11-16(13-22)20(24)23-17-7-4-14(2)5-8-17/h1,4-9,11-12H,10H2,2H3,(H,23,24)/b16-11+. The van der Waals surface area contributed by atoms with Gasteiger partial charge in [-0.3, -0.25) is 4.79 Å². The fraction of sp³-hybridized carbons (Fsp3) is 0.100. The summed E-state index contributed by atoms with van der Waals surface area (Å²) in [6.45, 7) is 2.12. The molecule has 1 amide bonds. The summed E-state index contributed by atoms with van der Waals surface area (Å²) in [7, 11) is 0. The number of terminal acetylenes is 1. The molecule has 0 radical (unpaired) electrons. The van der Waals surface area contributed by atoms with Crippen LogP contribution in [0.25, 0.3) is 6.08 Å². The first-order valence-electron chi connectivity index (χ1n) is 7.39. The molecule has 124 valence electrons. The van der Waals surface area contributed by atoms with E-state index in [0.717, 1.165) is 5.56 Å². The maximum Gasteiger partial charge on any atom is 0.266 e. The van der Waals surface area contributed by atoms with Crippen LogP contribution < -0.4 is 10.1 Å². The molecule has 4 nitrogen and oxygen atoms in total. The van der Waals surface area contributed by atoms with Gasteiger partial charge in [0, 0.05) is 5.69 Å². The van der Waals surface area contributed by atoms with Gasteiger partial charge in [-0.15, -0.1) is 6.42 Å². The molecule has 5 heteroatoms. The summed E-state index contributed by atoms with van der Waals surface area (Å²) in [5.41, 5.74) is 2.42. The lowest BCUT2D eigenvalue weighted by molar-refractivity contribution is -0.112. The average Bonchev–Trinajstić information content (AvgIpc) is 2.60. The molecule has 0 fully saturated rings. The minimum atomic E-state index is -0.463. The van der Waals surface area contributed by atoms with Gasteiger partial charge in [-0.2, -0.15) is 5.26 Å². The van der Waals surface area contributed by atoms with Crippen LogP contribution in [0.3, 0.4) is 0 Å². The number of anilines is 1. The molecule has 2 aromatic rings. The van der Waals surface area contributed by atoms with E-state index in [1.807, 2.05) is 25.1 Å². The van der Waals surface area contributed by atoms with E-state index in [1.54, 1.807) is 30.3 Å². The molecule has 0 saturated carbocycles. The first-order chi connectivity index (χ1) is 12.0. The van der Waals surface area contributed by atoms with E-state index < -0.39 is 5.91 Å². The maximum absolute atomic E-state index is 12.3. The largest absolute Gasteiger partial charge is 0.480 e. The number of nitriles is 1. The second-order valence-electron chi connectivity index (χ2n) is 5.17. The maximum atomic E-state index is 12.3. The van der Waals surface area contributed by atoms with Crippen molar-refractivity contribution in [2.75, 3.05) is 11.9 Å². The molecule has 0 aliphatic carbocycles. The van der Waals surface area contributed by atoms with Crippen molar-refractivity contribution in [1.29, 1.82) is 5.26 Å². The van der Waals surface area contributed by atoms with Crippen molar-refractivity contribution in [3.8, 4) is 24.2 Å². The van der Waals surface area contributed by atoms with Crippen LogP contribution in [0.1, 0.15) is 11.1 Å². The second-order valence-corrected chi connectivity index (χ2v) is 6.03. The Morgan fingerprint density at radius 2 is 2.04 bits per heavy atom. The van der Waals surface area contributed by atoms with Crippen molar-refractivity contribution in [3.05, 3.63) is 63.6 Å². The average molecular weight is 395 g/mol. The van der Waals surface area contributed by atoms with Crippen molar-refractivity contribution in [3.63, 3.8) is 0 Å². The van der Waals surface area contributed by atoms with Crippen LogP contribution in [0.5, 0.6) is 5.75 Å². The van der Waals surface area contributed by atoms with Crippen molar-refractivity contribution in [2.45, 2.75) is 6.92 Å². The molecule has 0 atom stereocenters. The highest BCUT2D eigenvalue weighted by atomic mass is 79.9. The topological polar surface area (TPSA) is 62.1 Å². The first kappa shape index (κ1) is 18.3. The molecule has 0 bridgehead atoms. The number of amides is 1. The lowest BCUT2D eigenvalue weighted by atomic mass is 10.1. The van der Waals surface area contributed by atoms with E-state index in [-0.39, 0.29) is 12.2 Å². The number of carbonyl (C=O) groups is 1. The Hall–Kier alpha value is -3.02. The monoisotopic (exact) mass is 394 g/mol. The predicted octanol–water partition coefficient (Wildman–Crippen LogP) is 4.32. The molecule has 0 aliphatic heterocycles. The quantitative estimate of drug-likeness (QED) is 0.466. The van der Waals surface area contributed by atoms with Gasteiger partial charge < -0.3 is 10.1 Å². The van der Waals surface area contributed by atoms with Gasteiger partial charge in [0.15, 0.2) is 0 Å². The zero-order chi connectivity index (χ0) is 18.2. The lowest BCUT2D eigenvalue weighted by Gasteiger charge is -2.07. The van der Waals surface area contributed by atoms with E-state index in [1.165, 1.54) is 6.08 Å². The van der Waals surface area contributed by atoms with Crippen LogP contribution in [0.2, 0.25) is 0 Å². The number of nitrogens with one attached hydrogen (secondary N) is 1. The minimum absolute atomic E-state index is 0.00442. The number of aryl methyl sites for hydroxylation is 1. The van der Waals surface area contributed by atoms with Gasteiger partial charge in [0.1, 0.15) is 24.0 Å². The SMILES string of the molecule is C#CCOc1ccc(/C=C(\C#N)C(=O)Nc2ccc(C)cc2)cc1Br. The lowest BCUT2D eigenvalue weighted by Crippen LogP contribution is -2.13. The summed E-state index contributed by atoms with van der Waals surface area (Å²) in [5.74, 6) is 2.52. The van der Waals surface area contributed by atoms with Crippen molar-refractivity contribution >= 4 is 33.6 Å². The summed E-state index contributed by atoms with van der Waals surface area (Å²) in [6, 6.07) is 14.5. The number of halogens is 1. The highest BCUT2D eigenvalue weighted by Crippen LogP contribution is 2.27. The number of hydrogen-bond donors (Lipinski definition) is 1. The Morgan fingerprint density at radius 1 is 1.32 bits per heavy atom. The number of rotatable bonds is 5. The summed E-state index contributed by atoms with van der Waals surface area (Å²) in [4.78, 5) is 12.3. The molecule has 0 aromatic heterocycles. The van der Waals surface area contributed by atoms with Gasteiger partial charge >= 0.3 is 0 Å². The Labute approximate surface area is 155 Å².